The predicted molar refractivity (Wildman–Crippen MR) is 64.2 cm³/mol. The SMILES string of the molecule is Cc1cc(NC(=O)c2ccoc2)c(C)cc1O. The van der Waals surface area contributed by atoms with Crippen LogP contribution in [-0.2, 0) is 0 Å². The number of benzene rings is 1. The van der Waals surface area contributed by atoms with Crippen LogP contribution in [0.5, 0.6) is 5.75 Å². The van der Waals surface area contributed by atoms with Gasteiger partial charge in [-0.3, -0.25) is 4.79 Å². The number of phenolic OH excluding ortho intramolecular Hbond substituents is 1. The van der Waals surface area contributed by atoms with Crippen LogP contribution in [0, 0.1) is 13.8 Å². The second-order valence-corrected chi connectivity index (χ2v) is 3.92. The summed E-state index contributed by atoms with van der Waals surface area (Å²) in [6.45, 7) is 3.60. The average molecular weight is 231 g/mol. The number of carbonyl (C=O) groups excluding carboxylic acids is 1. The molecule has 2 rings (SSSR count). The molecule has 1 aromatic carbocycles. The molecule has 0 unspecified atom stereocenters. The van der Waals surface area contributed by atoms with Crippen molar-refractivity contribution in [3.63, 3.8) is 0 Å². The predicted octanol–water partition coefficient (Wildman–Crippen LogP) is 2.85. The van der Waals surface area contributed by atoms with Crippen molar-refractivity contribution in [2.45, 2.75) is 13.8 Å². The molecule has 0 aliphatic heterocycles. The number of phenols is 1. The van der Waals surface area contributed by atoms with Gasteiger partial charge in [-0.2, -0.15) is 0 Å². The number of hydrogen-bond donors (Lipinski definition) is 2. The van der Waals surface area contributed by atoms with Gasteiger partial charge >= 0.3 is 0 Å². The number of nitrogens with one attached hydrogen (secondary N) is 1. The highest BCUT2D eigenvalue weighted by Crippen LogP contribution is 2.25. The molecule has 4 heteroatoms. The van der Waals surface area contributed by atoms with E-state index in [9.17, 15) is 9.90 Å². The first-order valence-corrected chi connectivity index (χ1v) is 5.21. The molecule has 2 N–H and O–H groups in total. The number of amides is 1. The molecular weight excluding hydrogens is 218 g/mol. The maximum atomic E-state index is 11.8. The fraction of sp³-hybridized carbons (Fsp3) is 0.154. The summed E-state index contributed by atoms with van der Waals surface area (Å²) in [5.74, 6) is -0.00394. The van der Waals surface area contributed by atoms with E-state index in [-0.39, 0.29) is 11.7 Å². The van der Waals surface area contributed by atoms with Crippen molar-refractivity contribution in [3.05, 3.63) is 47.4 Å². The fourth-order valence-electron chi connectivity index (χ4n) is 1.52. The van der Waals surface area contributed by atoms with Crippen molar-refractivity contribution >= 4 is 11.6 Å². The smallest absolute Gasteiger partial charge is 0.258 e. The van der Waals surface area contributed by atoms with Crippen molar-refractivity contribution in [1.29, 1.82) is 0 Å². The lowest BCUT2D eigenvalue weighted by Gasteiger charge is -2.09. The van der Waals surface area contributed by atoms with Gasteiger partial charge in [0.05, 0.1) is 11.8 Å². The van der Waals surface area contributed by atoms with Crippen molar-refractivity contribution < 1.29 is 14.3 Å². The molecule has 0 aliphatic rings. The fourth-order valence-corrected chi connectivity index (χ4v) is 1.52. The summed E-state index contributed by atoms with van der Waals surface area (Å²) in [5, 5.41) is 12.3. The van der Waals surface area contributed by atoms with E-state index in [0.717, 1.165) is 11.1 Å². The second-order valence-electron chi connectivity index (χ2n) is 3.92. The van der Waals surface area contributed by atoms with Gasteiger partial charge in [0.2, 0.25) is 0 Å². The minimum absolute atomic E-state index is 0.226. The summed E-state index contributed by atoms with van der Waals surface area (Å²) in [7, 11) is 0. The lowest BCUT2D eigenvalue weighted by molar-refractivity contribution is 0.102. The molecule has 1 amide bonds. The van der Waals surface area contributed by atoms with Crippen LogP contribution in [0.1, 0.15) is 21.5 Å². The largest absolute Gasteiger partial charge is 0.508 e. The van der Waals surface area contributed by atoms with E-state index in [1.807, 2.05) is 6.92 Å². The Bertz CT molecular complexity index is 544. The molecule has 0 saturated heterocycles. The first-order chi connectivity index (χ1) is 8.08. The highest BCUT2D eigenvalue weighted by atomic mass is 16.3. The summed E-state index contributed by atoms with van der Waals surface area (Å²) < 4.78 is 4.85. The topological polar surface area (TPSA) is 62.5 Å². The van der Waals surface area contributed by atoms with Crippen molar-refractivity contribution in [3.8, 4) is 5.75 Å². The maximum Gasteiger partial charge on any atom is 0.258 e. The first kappa shape index (κ1) is 11.3. The monoisotopic (exact) mass is 231 g/mol. The van der Waals surface area contributed by atoms with E-state index in [1.54, 1.807) is 25.1 Å². The van der Waals surface area contributed by atoms with Gasteiger partial charge in [-0.25, -0.2) is 0 Å². The molecule has 2 aromatic rings. The number of aromatic hydroxyl groups is 1. The molecule has 0 saturated carbocycles. The van der Waals surface area contributed by atoms with Crippen molar-refractivity contribution in [1.82, 2.24) is 0 Å². The zero-order chi connectivity index (χ0) is 12.4. The molecule has 0 aliphatic carbocycles. The number of carbonyl (C=O) groups is 1. The maximum absolute atomic E-state index is 11.8. The Morgan fingerprint density at radius 1 is 1.29 bits per heavy atom. The van der Waals surface area contributed by atoms with Crippen molar-refractivity contribution in [2.75, 3.05) is 5.32 Å². The highest BCUT2D eigenvalue weighted by Gasteiger charge is 2.10. The zero-order valence-electron chi connectivity index (χ0n) is 9.65. The molecule has 0 atom stereocenters. The van der Waals surface area contributed by atoms with Crippen LogP contribution in [0.25, 0.3) is 0 Å². The minimum atomic E-state index is -0.230. The molecule has 0 fully saturated rings. The van der Waals surface area contributed by atoms with E-state index >= 15 is 0 Å². The highest BCUT2D eigenvalue weighted by molar-refractivity contribution is 6.04. The van der Waals surface area contributed by atoms with E-state index in [4.69, 9.17) is 4.42 Å². The van der Waals surface area contributed by atoms with Gasteiger partial charge in [0.15, 0.2) is 0 Å². The number of furan rings is 1. The Kier molecular flexibility index (Phi) is 2.87. The zero-order valence-corrected chi connectivity index (χ0v) is 9.65. The van der Waals surface area contributed by atoms with Gasteiger partial charge < -0.3 is 14.8 Å². The molecule has 1 aromatic heterocycles. The van der Waals surface area contributed by atoms with E-state index < -0.39 is 0 Å². The van der Waals surface area contributed by atoms with E-state index in [1.165, 1.54) is 12.5 Å². The van der Waals surface area contributed by atoms with Gasteiger partial charge in [0.1, 0.15) is 12.0 Å². The first-order valence-electron chi connectivity index (χ1n) is 5.21. The Hall–Kier alpha value is -2.23. The molecule has 1 heterocycles. The van der Waals surface area contributed by atoms with Crippen LogP contribution in [-0.4, -0.2) is 11.0 Å². The second kappa shape index (κ2) is 4.33. The van der Waals surface area contributed by atoms with Crippen LogP contribution in [0.4, 0.5) is 5.69 Å². The van der Waals surface area contributed by atoms with Crippen LogP contribution < -0.4 is 5.32 Å². The Balaban J connectivity index is 2.25. The number of aryl methyl sites for hydroxylation is 2. The third-order valence-electron chi connectivity index (χ3n) is 2.57. The summed E-state index contributed by atoms with van der Waals surface area (Å²) in [6.07, 6.45) is 2.84. The van der Waals surface area contributed by atoms with E-state index in [2.05, 4.69) is 5.32 Å². The van der Waals surface area contributed by atoms with Crippen LogP contribution in [0.15, 0.2) is 35.1 Å². The Morgan fingerprint density at radius 2 is 2.06 bits per heavy atom. The standard InChI is InChI=1S/C13H13NO3/c1-8-6-12(15)9(2)5-11(8)14-13(16)10-3-4-17-7-10/h3-7,15H,1-2H3,(H,14,16). The molecule has 0 radical (unpaired) electrons. The van der Waals surface area contributed by atoms with Gasteiger partial charge in [0, 0.05) is 5.69 Å². The lowest BCUT2D eigenvalue weighted by Crippen LogP contribution is -2.11. The summed E-state index contributed by atoms with van der Waals surface area (Å²) in [4.78, 5) is 11.8. The molecule has 0 bridgehead atoms. The third-order valence-corrected chi connectivity index (χ3v) is 2.57. The third kappa shape index (κ3) is 2.30. The van der Waals surface area contributed by atoms with Crippen molar-refractivity contribution in [2.24, 2.45) is 0 Å². The van der Waals surface area contributed by atoms with Gasteiger partial charge in [-0.05, 0) is 43.2 Å². The van der Waals surface area contributed by atoms with E-state index in [0.29, 0.717) is 11.3 Å². The molecule has 17 heavy (non-hydrogen) atoms. The quantitative estimate of drug-likeness (QED) is 0.781. The number of anilines is 1. The normalized spacial score (nSPS) is 10.2. The minimum Gasteiger partial charge on any atom is -0.508 e. The average Bonchev–Trinajstić information content (AvgIpc) is 2.79. The summed E-state index contributed by atoms with van der Waals surface area (Å²) in [5.41, 5.74) is 2.68. The van der Waals surface area contributed by atoms with Crippen LogP contribution >= 0.6 is 0 Å². The van der Waals surface area contributed by atoms with Crippen LogP contribution in [0.3, 0.4) is 0 Å². The van der Waals surface area contributed by atoms with Gasteiger partial charge in [-0.1, -0.05) is 0 Å². The lowest BCUT2D eigenvalue weighted by atomic mass is 10.1. The van der Waals surface area contributed by atoms with Gasteiger partial charge in [-0.15, -0.1) is 0 Å². The molecule has 88 valence electrons. The summed E-state index contributed by atoms with van der Waals surface area (Å²) in [6, 6.07) is 4.96. The van der Waals surface area contributed by atoms with Gasteiger partial charge in [0.25, 0.3) is 5.91 Å². The Labute approximate surface area is 98.9 Å². The van der Waals surface area contributed by atoms with Crippen LogP contribution in [0.2, 0.25) is 0 Å². The Morgan fingerprint density at radius 3 is 2.71 bits per heavy atom. The molecule has 4 nitrogen and oxygen atoms in total. The number of rotatable bonds is 2. The molecular formula is C13H13NO3. The molecule has 0 spiro atoms. The number of hydrogen-bond acceptors (Lipinski definition) is 3. The summed E-state index contributed by atoms with van der Waals surface area (Å²) >= 11 is 0.